The van der Waals surface area contributed by atoms with Gasteiger partial charge in [-0.25, -0.2) is 4.98 Å². The summed E-state index contributed by atoms with van der Waals surface area (Å²) < 4.78 is 0. The Hall–Kier alpha value is -2.70. The summed E-state index contributed by atoms with van der Waals surface area (Å²) in [5.41, 5.74) is 9.21. The van der Waals surface area contributed by atoms with Crippen LogP contribution in [-0.2, 0) is 17.6 Å². The maximum atomic E-state index is 12.2. The van der Waals surface area contributed by atoms with E-state index in [0.29, 0.717) is 6.54 Å². The first-order chi connectivity index (χ1) is 12.2. The van der Waals surface area contributed by atoms with Crippen LogP contribution < -0.4 is 16.4 Å². The van der Waals surface area contributed by atoms with E-state index < -0.39 is 0 Å². The van der Waals surface area contributed by atoms with E-state index in [4.69, 9.17) is 5.73 Å². The quantitative estimate of drug-likeness (QED) is 0.607. The molecule has 0 radical (unpaired) electrons. The Morgan fingerprint density at radius 1 is 1.04 bits per heavy atom. The highest BCUT2D eigenvalue weighted by atomic mass is 32.1. The number of anilines is 3. The van der Waals surface area contributed by atoms with Crippen LogP contribution in [0.3, 0.4) is 0 Å². The first-order valence-corrected chi connectivity index (χ1v) is 8.96. The summed E-state index contributed by atoms with van der Waals surface area (Å²) in [6.45, 7) is 0.620. The molecule has 0 saturated carbocycles. The molecule has 0 unspecified atom stereocenters. The highest BCUT2D eigenvalue weighted by molar-refractivity contribution is 7.13. The van der Waals surface area contributed by atoms with Gasteiger partial charge in [-0.05, 0) is 42.8 Å². The smallest absolute Gasteiger partial charge is 0.230 e. The van der Waals surface area contributed by atoms with Crippen molar-refractivity contribution in [2.75, 3.05) is 17.2 Å². The van der Waals surface area contributed by atoms with Crippen molar-refractivity contribution in [3.05, 3.63) is 71.2 Å². The number of nitrogens with two attached hydrogens (primary N) is 1. The minimum Gasteiger partial charge on any atom is -0.332 e. The van der Waals surface area contributed by atoms with Crippen LogP contribution in [0.5, 0.6) is 0 Å². The van der Waals surface area contributed by atoms with Gasteiger partial charge in [0.05, 0.1) is 12.1 Å². The fraction of sp³-hybridized carbons (Fsp3) is 0.158. The van der Waals surface area contributed by atoms with E-state index in [1.165, 1.54) is 11.3 Å². The van der Waals surface area contributed by atoms with E-state index in [9.17, 15) is 4.79 Å². The molecular formula is C19H20N4OS. The predicted octanol–water partition coefficient (Wildman–Crippen LogP) is 3.57. The molecule has 0 fully saturated rings. The SMILES string of the molecule is NCCc1ccc(NC(=O)Cc2csc(Nc3ccccc3)n2)cc1. The third kappa shape index (κ3) is 5.14. The first kappa shape index (κ1) is 17.1. The average Bonchev–Trinajstić information content (AvgIpc) is 3.04. The molecule has 5 nitrogen and oxygen atoms in total. The number of hydrogen-bond acceptors (Lipinski definition) is 5. The van der Waals surface area contributed by atoms with Crippen molar-refractivity contribution >= 4 is 33.8 Å². The Balaban J connectivity index is 1.54. The van der Waals surface area contributed by atoms with E-state index in [1.54, 1.807) is 0 Å². The van der Waals surface area contributed by atoms with Crippen LogP contribution in [0.15, 0.2) is 60.0 Å². The number of benzene rings is 2. The predicted molar refractivity (Wildman–Crippen MR) is 103 cm³/mol. The van der Waals surface area contributed by atoms with Gasteiger partial charge >= 0.3 is 0 Å². The Morgan fingerprint density at radius 3 is 2.52 bits per heavy atom. The van der Waals surface area contributed by atoms with Crippen LogP contribution in [0.25, 0.3) is 0 Å². The van der Waals surface area contributed by atoms with E-state index in [0.717, 1.165) is 34.2 Å². The van der Waals surface area contributed by atoms with Crippen LogP contribution >= 0.6 is 11.3 Å². The molecule has 0 aliphatic rings. The van der Waals surface area contributed by atoms with Crippen LogP contribution in [-0.4, -0.2) is 17.4 Å². The van der Waals surface area contributed by atoms with Gasteiger partial charge in [-0.3, -0.25) is 4.79 Å². The minimum absolute atomic E-state index is 0.0804. The van der Waals surface area contributed by atoms with Gasteiger partial charge in [0.2, 0.25) is 5.91 Å². The fourth-order valence-corrected chi connectivity index (χ4v) is 3.11. The number of thiazole rings is 1. The molecule has 4 N–H and O–H groups in total. The third-order valence-electron chi connectivity index (χ3n) is 3.59. The van der Waals surface area contributed by atoms with E-state index >= 15 is 0 Å². The second-order valence-corrected chi connectivity index (χ2v) is 6.45. The van der Waals surface area contributed by atoms with Crippen molar-refractivity contribution in [1.82, 2.24) is 4.98 Å². The third-order valence-corrected chi connectivity index (χ3v) is 4.40. The Morgan fingerprint density at radius 2 is 1.80 bits per heavy atom. The maximum absolute atomic E-state index is 12.2. The first-order valence-electron chi connectivity index (χ1n) is 8.08. The second kappa shape index (κ2) is 8.41. The lowest BCUT2D eigenvalue weighted by atomic mass is 10.1. The Labute approximate surface area is 150 Å². The van der Waals surface area contributed by atoms with E-state index in [-0.39, 0.29) is 12.3 Å². The molecule has 2 aromatic carbocycles. The molecule has 0 saturated heterocycles. The monoisotopic (exact) mass is 352 g/mol. The van der Waals surface area contributed by atoms with Crippen molar-refractivity contribution in [2.24, 2.45) is 5.73 Å². The Kier molecular flexibility index (Phi) is 5.77. The van der Waals surface area contributed by atoms with Crippen molar-refractivity contribution in [1.29, 1.82) is 0 Å². The van der Waals surface area contributed by atoms with Gasteiger partial charge in [0, 0.05) is 16.8 Å². The molecule has 0 aliphatic heterocycles. The molecule has 3 aromatic rings. The number of aromatic nitrogens is 1. The molecule has 6 heteroatoms. The van der Waals surface area contributed by atoms with Gasteiger partial charge in [0.25, 0.3) is 0 Å². The molecule has 1 aromatic heterocycles. The molecule has 0 spiro atoms. The zero-order valence-corrected chi connectivity index (χ0v) is 14.6. The van der Waals surface area contributed by atoms with Crippen molar-refractivity contribution < 1.29 is 4.79 Å². The lowest BCUT2D eigenvalue weighted by molar-refractivity contribution is -0.115. The summed E-state index contributed by atoms with van der Waals surface area (Å²) in [6, 6.07) is 17.6. The Bertz CT molecular complexity index is 815. The molecule has 0 atom stereocenters. The summed E-state index contributed by atoms with van der Waals surface area (Å²) in [4.78, 5) is 16.6. The number of carbonyl (C=O) groups is 1. The number of para-hydroxylation sites is 1. The van der Waals surface area contributed by atoms with E-state index in [1.807, 2.05) is 60.0 Å². The number of amides is 1. The van der Waals surface area contributed by atoms with Crippen LogP contribution in [0, 0.1) is 0 Å². The topological polar surface area (TPSA) is 80.0 Å². The van der Waals surface area contributed by atoms with Crippen LogP contribution in [0.2, 0.25) is 0 Å². The largest absolute Gasteiger partial charge is 0.332 e. The van der Waals surface area contributed by atoms with Crippen LogP contribution in [0.1, 0.15) is 11.3 Å². The summed E-state index contributed by atoms with van der Waals surface area (Å²) in [7, 11) is 0. The van der Waals surface area contributed by atoms with Crippen molar-refractivity contribution in [3.8, 4) is 0 Å². The van der Waals surface area contributed by atoms with Gasteiger partial charge in [-0.1, -0.05) is 30.3 Å². The van der Waals surface area contributed by atoms with Gasteiger partial charge in [0.15, 0.2) is 5.13 Å². The molecular weight excluding hydrogens is 332 g/mol. The lowest BCUT2D eigenvalue weighted by Gasteiger charge is -2.05. The summed E-state index contributed by atoms with van der Waals surface area (Å²) >= 11 is 1.49. The summed E-state index contributed by atoms with van der Waals surface area (Å²) in [5, 5.41) is 8.80. The molecule has 25 heavy (non-hydrogen) atoms. The second-order valence-electron chi connectivity index (χ2n) is 5.60. The maximum Gasteiger partial charge on any atom is 0.230 e. The summed E-state index contributed by atoms with van der Waals surface area (Å²) in [6.07, 6.45) is 1.09. The number of nitrogens with zero attached hydrogens (tertiary/aromatic N) is 1. The van der Waals surface area contributed by atoms with E-state index in [2.05, 4.69) is 15.6 Å². The molecule has 0 bridgehead atoms. The molecule has 128 valence electrons. The molecule has 1 amide bonds. The van der Waals surface area contributed by atoms with Gasteiger partial charge in [-0.2, -0.15) is 0 Å². The number of hydrogen-bond donors (Lipinski definition) is 3. The van der Waals surface area contributed by atoms with Gasteiger partial charge < -0.3 is 16.4 Å². The molecule has 0 aliphatic carbocycles. The minimum atomic E-state index is -0.0804. The number of rotatable bonds is 7. The van der Waals surface area contributed by atoms with Crippen molar-refractivity contribution in [3.63, 3.8) is 0 Å². The number of nitrogens with one attached hydrogen (secondary N) is 2. The number of carbonyl (C=O) groups excluding carboxylic acids is 1. The summed E-state index contributed by atoms with van der Waals surface area (Å²) in [5.74, 6) is -0.0804. The van der Waals surface area contributed by atoms with Gasteiger partial charge in [0.1, 0.15) is 0 Å². The average molecular weight is 352 g/mol. The van der Waals surface area contributed by atoms with Crippen LogP contribution in [0.4, 0.5) is 16.5 Å². The highest BCUT2D eigenvalue weighted by Crippen LogP contribution is 2.21. The standard InChI is InChI=1S/C19H20N4OS/c20-11-10-14-6-8-16(9-7-14)21-18(24)12-17-13-25-19(23-17)22-15-4-2-1-3-5-15/h1-9,13H,10-12,20H2,(H,21,24)(H,22,23). The van der Waals surface area contributed by atoms with Crippen molar-refractivity contribution in [2.45, 2.75) is 12.8 Å². The normalized spacial score (nSPS) is 10.4. The zero-order valence-electron chi connectivity index (χ0n) is 13.7. The molecule has 3 rings (SSSR count). The zero-order chi connectivity index (χ0) is 17.5. The highest BCUT2D eigenvalue weighted by Gasteiger charge is 2.08. The lowest BCUT2D eigenvalue weighted by Crippen LogP contribution is -2.14. The van der Waals surface area contributed by atoms with Gasteiger partial charge in [-0.15, -0.1) is 11.3 Å². The fourth-order valence-electron chi connectivity index (χ4n) is 2.38. The molecule has 1 heterocycles.